The SMILES string of the molecule is CCc1ccc(S(=O)(=O)N(OC(F)(F)F)c2ccc(-c3ccccc3)cc2)cc1C(=O)OC. The van der Waals surface area contributed by atoms with Crippen LogP contribution < -0.4 is 4.47 Å². The first-order valence-electron chi connectivity index (χ1n) is 9.74. The molecular weight excluding hydrogens is 459 g/mol. The molecule has 0 atom stereocenters. The molecule has 6 nitrogen and oxygen atoms in total. The predicted octanol–water partition coefficient (Wildman–Crippen LogP) is 5.35. The van der Waals surface area contributed by atoms with Gasteiger partial charge >= 0.3 is 12.3 Å². The van der Waals surface area contributed by atoms with Crippen LogP contribution in [0.3, 0.4) is 0 Å². The number of benzene rings is 3. The number of methoxy groups -OCH3 is 1. The van der Waals surface area contributed by atoms with E-state index in [9.17, 15) is 26.4 Å². The summed E-state index contributed by atoms with van der Waals surface area (Å²) in [5, 5.41) is 0. The van der Waals surface area contributed by atoms with Crippen LogP contribution in [0.4, 0.5) is 18.9 Å². The molecule has 0 saturated carbocycles. The van der Waals surface area contributed by atoms with Crippen molar-refractivity contribution in [3.8, 4) is 11.1 Å². The van der Waals surface area contributed by atoms with Crippen molar-refractivity contribution in [1.29, 1.82) is 0 Å². The van der Waals surface area contributed by atoms with Gasteiger partial charge in [0.1, 0.15) is 0 Å². The lowest BCUT2D eigenvalue weighted by atomic mass is 10.1. The Bertz CT molecular complexity index is 1230. The van der Waals surface area contributed by atoms with Gasteiger partial charge in [-0.05, 0) is 47.4 Å². The number of hydrogen-bond acceptors (Lipinski definition) is 5. The van der Waals surface area contributed by atoms with Gasteiger partial charge in [0, 0.05) is 0 Å². The molecule has 0 aliphatic heterocycles. The average molecular weight is 479 g/mol. The molecule has 0 saturated heterocycles. The lowest BCUT2D eigenvalue weighted by molar-refractivity contribution is -0.322. The largest absolute Gasteiger partial charge is 0.544 e. The van der Waals surface area contributed by atoms with Crippen molar-refractivity contribution in [3.63, 3.8) is 0 Å². The number of carbonyl (C=O) groups is 1. The quantitative estimate of drug-likeness (QED) is 0.338. The first-order chi connectivity index (χ1) is 15.6. The maximum Gasteiger partial charge on any atom is 0.544 e. The highest BCUT2D eigenvalue weighted by atomic mass is 32.2. The molecule has 0 heterocycles. The highest BCUT2D eigenvalue weighted by Crippen LogP contribution is 2.32. The van der Waals surface area contributed by atoms with E-state index < -0.39 is 27.3 Å². The second-order valence-electron chi connectivity index (χ2n) is 6.85. The Morgan fingerprint density at radius 3 is 2.09 bits per heavy atom. The Labute approximate surface area is 189 Å². The first-order valence-corrected chi connectivity index (χ1v) is 11.2. The summed E-state index contributed by atoms with van der Waals surface area (Å²) in [5.41, 5.74) is 1.52. The molecule has 3 aromatic rings. The molecule has 0 aliphatic carbocycles. The molecule has 0 fully saturated rings. The molecule has 0 unspecified atom stereocenters. The van der Waals surface area contributed by atoms with Crippen LogP contribution in [0, 0.1) is 0 Å². The molecular formula is C23H20F3NO5S. The van der Waals surface area contributed by atoms with E-state index in [-0.39, 0.29) is 15.7 Å². The van der Waals surface area contributed by atoms with Crippen LogP contribution in [-0.2, 0) is 26.0 Å². The molecule has 3 rings (SSSR count). The third-order valence-electron chi connectivity index (χ3n) is 4.76. The number of esters is 1. The van der Waals surface area contributed by atoms with Crippen molar-refractivity contribution < 1.29 is 36.0 Å². The zero-order valence-electron chi connectivity index (χ0n) is 17.7. The number of hydrogen-bond donors (Lipinski definition) is 0. The van der Waals surface area contributed by atoms with E-state index in [0.717, 1.165) is 24.8 Å². The molecule has 10 heteroatoms. The van der Waals surface area contributed by atoms with Crippen LogP contribution in [0.15, 0.2) is 77.7 Å². The van der Waals surface area contributed by atoms with Crippen LogP contribution in [0.1, 0.15) is 22.8 Å². The first kappa shape index (κ1) is 24.3. The number of halogens is 3. The van der Waals surface area contributed by atoms with Crippen LogP contribution in [0.25, 0.3) is 11.1 Å². The number of carbonyl (C=O) groups excluding carboxylic acids is 1. The molecule has 33 heavy (non-hydrogen) atoms. The number of nitrogens with zero attached hydrogens (tertiary/aromatic N) is 1. The fourth-order valence-electron chi connectivity index (χ4n) is 3.16. The minimum absolute atomic E-state index is 0.0625. The van der Waals surface area contributed by atoms with Crippen molar-refractivity contribution in [2.75, 3.05) is 11.6 Å². The molecule has 174 valence electrons. The molecule has 0 aliphatic rings. The van der Waals surface area contributed by atoms with E-state index in [0.29, 0.717) is 17.5 Å². The van der Waals surface area contributed by atoms with Gasteiger partial charge in [-0.2, -0.15) is 13.3 Å². The smallest absolute Gasteiger partial charge is 0.465 e. The number of alkyl halides is 3. The monoisotopic (exact) mass is 479 g/mol. The third kappa shape index (κ3) is 5.52. The Balaban J connectivity index is 2.08. The van der Waals surface area contributed by atoms with Gasteiger partial charge in [-0.25, -0.2) is 4.79 Å². The highest BCUT2D eigenvalue weighted by Gasteiger charge is 2.40. The Kier molecular flexibility index (Phi) is 7.09. The number of aryl methyl sites for hydroxylation is 1. The fourth-order valence-corrected chi connectivity index (χ4v) is 4.44. The second-order valence-corrected chi connectivity index (χ2v) is 8.60. The normalized spacial score (nSPS) is 11.8. The number of ether oxygens (including phenoxy) is 1. The van der Waals surface area contributed by atoms with Gasteiger partial charge < -0.3 is 4.74 Å². The number of anilines is 1. The van der Waals surface area contributed by atoms with E-state index >= 15 is 0 Å². The molecule has 0 amide bonds. The van der Waals surface area contributed by atoms with Gasteiger partial charge in [-0.1, -0.05) is 55.5 Å². The number of sulfonamides is 1. The topological polar surface area (TPSA) is 72.9 Å². The van der Waals surface area contributed by atoms with E-state index in [1.165, 1.54) is 30.3 Å². The van der Waals surface area contributed by atoms with Gasteiger partial charge in [0.25, 0.3) is 10.0 Å². The van der Waals surface area contributed by atoms with Crippen LogP contribution in [-0.4, -0.2) is 27.9 Å². The Morgan fingerprint density at radius 2 is 1.55 bits per heavy atom. The van der Waals surface area contributed by atoms with Crippen molar-refractivity contribution >= 4 is 21.7 Å². The molecule has 0 bridgehead atoms. The zero-order valence-corrected chi connectivity index (χ0v) is 18.5. The molecule has 0 radical (unpaired) electrons. The average Bonchev–Trinajstić information content (AvgIpc) is 2.81. The lowest BCUT2D eigenvalue weighted by Gasteiger charge is -2.24. The minimum Gasteiger partial charge on any atom is -0.465 e. The van der Waals surface area contributed by atoms with Gasteiger partial charge in [-0.3, -0.25) is 0 Å². The van der Waals surface area contributed by atoms with Crippen LogP contribution >= 0.6 is 0 Å². The molecule has 0 spiro atoms. The van der Waals surface area contributed by atoms with Gasteiger partial charge in [-0.15, -0.1) is 17.6 Å². The summed E-state index contributed by atoms with van der Waals surface area (Å²) in [6, 6.07) is 17.8. The second kappa shape index (κ2) is 9.63. The van der Waals surface area contributed by atoms with Gasteiger partial charge in [0.2, 0.25) is 0 Å². The summed E-state index contributed by atoms with van der Waals surface area (Å²) in [6.07, 6.45) is -4.91. The van der Waals surface area contributed by atoms with E-state index in [2.05, 4.69) is 9.57 Å². The summed E-state index contributed by atoms with van der Waals surface area (Å²) in [7, 11) is -3.75. The summed E-state index contributed by atoms with van der Waals surface area (Å²) >= 11 is 0. The van der Waals surface area contributed by atoms with E-state index in [1.807, 2.05) is 6.07 Å². The molecule has 3 aromatic carbocycles. The Hall–Kier alpha value is -3.37. The standard InChI is InChI=1S/C23H20F3NO5S/c1-3-16-11-14-20(15-21(16)22(28)31-2)33(29,30)27(32-23(24,25)26)19-12-9-18(10-13-19)17-7-5-4-6-8-17/h4-15H,3H2,1-2H3. The highest BCUT2D eigenvalue weighted by molar-refractivity contribution is 7.92. The van der Waals surface area contributed by atoms with Gasteiger partial charge in [0.05, 0.1) is 23.3 Å². The zero-order chi connectivity index (χ0) is 24.2. The van der Waals surface area contributed by atoms with Crippen LogP contribution in [0.5, 0.6) is 0 Å². The van der Waals surface area contributed by atoms with Crippen molar-refractivity contribution in [1.82, 2.24) is 0 Å². The Morgan fingerprint density at radius 1 is 0.939 bits per heavy atom. The summed E-state index contributed by atoms with van der Waals surface area (Å²) in [4.78, 5) is 15.4. The predicted molar refractivity (Wildman–Crippen MR) is 116 cm³/mol. The van der Waals surface area contributed by atoms with E-state index in [4.69, 9.17) is 0 Å². The van der Waals surface area contributed by atoms with Crippen LogP contribution in [0.2, 0.25) is 0 Å². The van der Waals surface area contributed by atoms with Crippen molar-refractivity contribution in [3.05, 3.63) is 83.9 Å². The summed E-state index contributed by atoms with van der Waals surface area (Å²) < 4.78 is 70.3. The van der Waals surface area contributed by atoms with Gasteiger partial charge in [0.15, 0.2) is 0 Å². The third-order valence-corrected chi connectivity index (χ3v) is 6.33. The summed E-state index contributed by atoms with van der Waals surface area (Å²) in [6.45, 7) is 1.74. The fraction of sp³-hybridized carbons (Fsp3) is 0.174. The maximum absolute atomic E-state index is 13.2. The minimum atomic E-state index is -5.29. The molecule has 0 N–H and O–H groups in total. The van der Waals surface area contributed by atoms with E-state index in [1.54, 1.807) is 31.2 Å². The maximum atomic E-state index is 13.2. The number of rotatable bonds is 7. The lowest BCUT2D eigenvalue weighted by Crippen LogP contribution is -2.37. The van der Waals surface area contributed by atoms with Crippen molar-refractivity contribution in [2.24, 2.45) is 0 Å². The molecule has 0 aromatic heterocycles. The summed E-state index contributed by atoms with van der Waals surface area (Å²) in [5.74, 6) is -0.806. The van der Waals surface area contributed by atoms with Crippen molar-refractivity contribution in [2.45, 2.75) is 24.6 Å².